The van der Waals surface area contributed by atoms with E-state index in [2.05, 4.69) is 16.9 Å². The van der Waals surface area contributed by atoms with E-state index in [4.69, 9.17) is 0 Å². The fraction of sp³-hybridized carbons (Fsp3) is 0.789. The van der Waals surface area contributed by atoms with Crippen LogP contribution in [0.25, 0.3) is 0 Å². The summed E-state index contributed by atoms with van der Waals surface area (Å²) in [6, 6.07) is 0. The molecule has 0 N–H and O–H groups in total. The van der Waals surface area contributed by atoms with Gasteiger partial charge in [-0.2, -0.15) is 5.10 Å². The van der Waals surface area contributed by atoms with Crippen molar-refractivity contribution in [2.24, 2.45) is 5.92 Å². The van der Waals surface area contributed by atoms with E-state index < -0.39 is 0 Å². The molecule has 0 unspecified atom stereocenters. The molecule has 2 saturated heterocycles. The molecule has 5 nitrogen and oxygen atoms in total. The highest BCUT2D eigenvalue weighted by molar-refractivity contribution is 5.95. The second-order valence-electron chi connectivity index (χ2n) is 7.49. The van der Waals surface area contributed by atoms with Gasteiger partial charge in [0.15, 0.2) is 0 Å². The third-order valence-corrected chi connectivity index (χ3v) is 5.53. The first-order valence-electron chi connectivity index (χ1n) is 9.73. The molecule has 3 heterocycles. The smallest absolute Gasteiger partial charge is 0.257 e. The van der Waals surface area contributed by atoms with Crippen LogP contribution >= 0.6 is 0 Å². The molecule has 5 heteroatoms. The number of hydrogen-bond acceptors (Lipinski definition) is 3. The summed E-state index contributed by atoms with van der Waals surface area (Å²) < 4.78 is 1.94. The number of aryl methyl sites for hydroxylation is 2. The van der Waals surface area contributed by atoms with Crippen molar-refractivity contribution in [3.05, 3.63) is 17.5 Å². The standard InChI is InChI=1S/C19H32N4O/c1-3-4-11-23-15-18(16(2)20-23)19(24)22-12-7-17(8-13-22)14-21-9-5-6-10-21/h15,17H,3-14H2,1-2H3. The zero-order valence-electron chi connectivity index (χ0n) is 15.3. The van der Waals surface area contributed by atoms with Crippen LogP contribution in [0.3, 0.4) is 0 Å². The highest BCUT2D eigenvalue weighted by Crippen LogP contribution is 2.22. The summed E-state index contributed by atoms with van der Waals surface area (Å²) in [5, 5.41) is 4.51. The van der Waals surface area contributed by atoms with Gasteiger partial charge in [0.2, 0.25) is 0 Å². The highest BCUT2D eigenvalue weighted by atomic mass is 16.2. The van der Waals surface area contributed by atoms with Crippen molar-refractivity contribution in [2.45, 2.75) is 58.9 Å². The van der Waals surface area contributed by atoms with Gasteiger partial charge in [-0.15, -0.1) is 0 Å². The zero-order valence-corrected chi connectivity index (χ0v) is 15.3. The average Bonchev–Trinajstić information content (AvgIpc) is 3.22. The van der Waals surface area contributed by atoms with Gasteiger partial charge in [0.25, 0.3) is 5.91 Å². The molecule has 0 aliphatic carbocycles. The lowest BCUT2D eigenvalue weighted by Crippen LogP contribution is -2.41. The van der Waals surface area contributed by atoms with E-state index in [0.717, 1.165) is 62.5 Å². The third-order valence-electron chi connectivity index (χ3n) is 5.53. The van der Waals surface area contributed by atoms with Crippen LogP contribution in [-0.4, -0.2) is 58.2 Å². The Morgan fingerprint density at radius 2 is 1.92 bits per heavy atom. The van der Waals surface area contributed by atoms with Gasteiger partial charge in [-0.1, -0.05) is 13.3 Å². The number of hydrogen-bond donors (Lipinski definition) is 0. The lowest BCUT2D eigenvalue weighted by atomic mass is 9.96. The van der Waals surface area contributed by atoms with Crippen molar-refractivity contribution >= 4 is 5.91 Å². The van der Waals surface area contributed by atoms with Gasteiger partial charge in [0, 0.05) is 32.4 Å². The number of rotatable bonds is 6. The number of nitrogens with zero attached hydrogens (tertiary/aromatic N) is 4. The second-order valence-corrected chi connectivity index (χ2v) is 7.49. The first kappa shape index (κ1) is 17.5. The highest BCUT2D eigenvalue weighted by Gasteiger charge is 2.27. The number of amides is 1. The topological polar surface area (TPSA) is 41.4 Å². The number of piperidine rings is 1. The van der Waals surface area contributed by atoms with Crippen molar-refractivity contribution in [1.29, 1.82) is 0 Å². The molecule has 24 heavy (non-hydrogen) atoms. The third kappa shape index (κ3) is 4.18. The lowest BCUT2D eigenvalue weighted by Gasteiger charge is -2.33. The molecule has 0 spiro atoms. The normalized spacial score (nSPS) is 20.0. The van der Waals surface area contributed by atoms with Gasteiger partial charge in [-0.3, -0.25) is 9.48 Å². The number of aromatic nitrogens is 2. The number of carbonyl (C=O) groups is 1. The molecule has 134 valence electrons. The molecule has 0 radical (unpaired) electrons. The van der Waals surface area contributed by atoms with Crippen molar-refractivity contribution in [3.63, 3.8) is 0 Å². The summed E-state index contributed by atoms with van der Waals surface area (Å²) in [5.41, 5.74) is 1.67. The van der Waals surface area contributed by atoms with Crippen LogP contribution in [0.15, 0.2) is 6.20 Å². The van der Waals surface area contributed by atoms with Crippen LogP contribution in [-0.2, 0) is 6.54 Å². The molecule has 1 amide bonds. The van der Waals surface area contributed by atoms with E-state index in [0.29, 0.717) is 0 Å². The Morgan fingerprint density at radius 3 is 2.58 bits per heavy atom. The van der Waals surface area contributed by atoms with Crippen molar-refractivity contribution in [2.75, 3.05) is 32.7 Å². The molecule has 1 aromatic rings. The summed E-state index contributed by atoms with van der Waals surface area (Å²) in [7, 11) is 0. The molecule has 3 rings (SSSR count). The van der Waals surface area contributed by atoms with Crippen molar-refractivity contribution in [3.8, 4) is 0 Å². The van der Waals surface area contributed by atoms with E-state index in [9.17, 15) is 4.79 Å². The summed E-state index contributed by atoms with van der Waals surface area (Å²) in [6.07, 6.45) is 9.21. The number of unbranched alkanes of at least 4 members (excludes halogenated alkanes) is 1. The summed E-state index contributed by atoms with van der Waals surface area (Å²) in [6.45, 7) is 10.6. The van der Waals surface area contributed by atoms with E-state index in [1.807, 2.05) is 22.7 Å². The first-order chi connectivity index (χ1) is 11.7. The molecule has 0 atom stereocenters. The Labute approximate surface area is 146 Å². The van der Waals surface area contributed by atoms with E-state index in [1.165, 1.54) is 32.5 Å². The molecule has 2 aliphatic heterocycles. The Morgan fingerprint density at radius 1 is 1.21 bits per heavy atom. The van der Waals surface area contributed by atoms with E-state index in [1.54, 1.807) is 0 Å². The fourth-order valence-corrected chi connectivity index (χ4v) is 3.98. The lowest BCUT2D eigenvalue weighted by molar-refractivity contribution is 0.0672. The molecular weight excluding hydrogens is 300 g/mol. The summed E-state index contributed by atoms with van der Waals surface area (Å²) >= 11 is 0. The van der Waals surface area contributed by atoms with E-state index >= 15 is 0 Å². The summed E-state index contributed by atoms with van der Waals surface area (Å²) in [5.74, 6) is 0.940. The quantitative estimate of drug-likeness (QED) is 0.804. The van der Waals surface area contributed by atoms with Gasteiger partial charge >= 0.3 is 0 Å². The Balaban J connectivity index is 1.52. The Kier molecular flexibility index (Phi) is 5.93. The predicted molar refractivity (Wildman–Crippen MR) is 96.2 cm³/mol. The van der Waals surface area contributed by atoms with Crippen molar-refractivity contribution < 1.29 is 4.79 Å². The minimum Gasteiger partial charge on any atom is -0.339 e. The van der Waals surface area contributed by atoms with Crippen LogP contribution in [0.1, 0.15) is 61.5 Å². The molecule has 0 saturated carbocycles. The molecule has 2 fully saturated rings. The van der Waals surface area contributed by atoms with Gasteiger partial charge in [0.1, 0.15) is 0 Å². The number of carbonyl (C=O) groups excluding carboxylic acids is 1. The van der Waals surface area contributed by atoms with Crippen LogP contribution in [0, 0.1) is 12.8 Å². The maximum Gasteiger partial charge on any atom is 0.257 e. The van der Waals surface area contributed by atoms with Gasteiger partial charge in [0.05, 0.1) is 11.3 Å². The van der Waals surface area contributed by atoms with Crippen LogP contribution in [0.2, 0.25) is 0 Å². The minimum absolute atomic E-state index is 0.176. The Bertz CT molecular complexity index is 540. The largest absolute Gasteiger partial charge is 0.339 e. The SMILES string of the molecule is CCCCn1cc(C(=O)N2CCC(CN3CCCC3)CC2)c(C)n1. The Hall–Kier alpha value is -1.36. The second kappa shape index (κ2) is 8.15. The van der Waals surface area contributed by atoms with Crippen LogP contribution in [0.5, 0.6) is 0 Å². The fourth-order valence-electron chi connectivity index (χ4n) is 3.98. The minimum atomic E-state index is 0.176. The van der Waals surface area contributed by atoms with Crippen LogP contribution < -0.4 is 0 Å². The van der Waals surface area contributed by atoms with Crippen molar-refractivity contribution in [1.82, 2.24) is 19.6 Å². The van der Waals surface area contributed by atoms with Gasteiger partial charge in [-0.25, -0.2) is 0 Å². The number of likely N-dealkylation sites (tertiary alicyclic amines) is 2. The summed E-state index contributed by atoms with van der Waals surface area (Å²) in [4.78, 5) is 17.5. The molecule has 1 aromatic heterocycles. The maximum absolute atomic E-state index is 12.8. The first-order valence-corrected chi connectivity index (χ1v) is 9.73. The molecule has 0 aromatic carbocycles. The molecule has 2 aliphatic rings. The van der Waals surface area contributed by atoms with E-state index in [-0.39, 0.29) is 5.91 Å². The molecule has 0 bridgehead atoms. The maximum atomic E-state index is 12.8. The average molecular weight is 332 g/mol. The van der Waals surface area contributed by atoms with Crippen LogP contribution in [0.4, 0.5) is 0 Å². The molecular formula is C19H32N4O. The van der Waals surface area contributed by atoms with Gasteiger partial charge in [-0.05, 0) is 58.0 Å². The van der Waals surface area contributed by atoms with Gasteiger partial charge < -0.3 is 9.80 Å². The zero-order chi connectivity index (χ0) is 16.9. The monoisotopic (exact) mass is 332 g/mol. The predicted octanol–water partition coefficient (Wildman–Crippen LogP) is 2.94.